The summed E-state index contributed by atoms with van der Waals surface area (Å²) < 4.78 is 0. The van der Waals surface area contributed by atoms with E-state index in [9.17, 15) is 4.79 Å². The number of H-pyrrole nitrogens is 2. The van der Waals surface area contributed by atoms with Crippen LogP contribution >= 0.6 is 0 Å². The van der Waals surface area contributed by atoms with Gasteiger partial charge in [0.05, 0.1) is 22.2 Å². The molecule has 0 aliphatic carbocycles. The molecule has 31 heavy (non-hydrogen) atoms. The maximum Gasteiger partial charge on any atom is 0.261 e. The maximum atomic E-state index is 12.8. The Kier molecular flexibility index (Phi) is 4.70. The Balaban J connectivity index is 1.53. The molecule has 0 bridgehead atoms. The molecule has 0 spiro atoms. The lowest BCUT2D eigenvalue weighted by Crippen LogP contribution is -2.53. The molecule has 1 fully saturated rings. The van der Waals surface area contributed by atoms with Gasteiger partial charge in [0.15, 0.2) is 0 Å². The normalized spacial score (nSPS) is 17.8. The van der Waals surface area contributed by atoms with E-state index in [1.165, 1.54) is 5.69 Å². The maximum absolute atomic E-state index is 12.8. The second-order valence-corrected chi connectivity index (χ2v) is 8.71. The van der Waals surface area contributed by atoms with Crippen molar-refractivity contribution in [2.75, 3.05) is 30.3 Å². The van der Waals surface area contributed by atoms with Crippen molar-refractivity contribution in [2.45, 2.75) is 32.9 Å². The van der Waals surface area contributed by atoms with E-state index in [4.69, 9.17) is 5.73 Å². The van der Waals surface area contributed by atoms with Gasteiger partial charge in [0.25, 0.3) is 5.56 Å². The standard InChI is InChI=1S/C24H28N6O/c1-14(2)29-10-11-30(15(3)13-29)16-8-9-19-20(12-16)27-23(26-19)21-22(25)17-6-4-5-7-18(17)28-24(21)31/h4-9,12,14-15H,10-11,13H2,1-3H3,(H,26,27)(H3,25,28,31)/t15-/m0/s1. The first-order valence-electron chi connectivity index (χ1n) is 10.8. The minimum atomic E-state index is -0.242. The number of benzene rings is 2. The number of fused-ring (bicyclic) bond motifs is 2. The zero-order valence-electron chi connectivity index (χ0n) is 18.1. The summed E-state index contributed by atoms with van der Waals surface area (Å²) in [5.74, 6) is 0.495. The Labute approximate surface area is 180 Å². The molecule has 0 saturated carbocycles. The van der Waals surface area contributed by atoms with Gasteiger partial charge in [-0.2, -0.15) is 0 Å². The summed E-state index contributed by atoms with van der Waals surface area (Å²) in [6.45, 7) is 9.86. The van der Waals surface area contributed by atoms with Gasteiger partial charge in [-0.05, 0) is 45.0 Å². The molecule has 3 heterocycles. The van der Waals surface area contributed by atoms with Crippen LogP contribution in [-0.2, 0) is 0 Å². The average Bonchev–Trinajstić information content (AvgIpc) is 3.16. The summed E-state index contributed by atoms with van der Waals surface area (Å²) in [6, 6.07) is 14.8. The molecule has 2 aromatic carbocycles. The number of aromatic nitrogens is 3. The van der Waals surface area contributed by atoms with Crippen LogP contribution in [0.4, 0.5) is 11.4 Å². The summed E-state index contributed by atoms with van der Waals surface area (Å²) >= 11 is 0. The highest BCUT2D eigenvalue weighted by Crippen LogP contribution is 2.30. The Morgan fingerprint density at radius 3 is 2.68 bits per heavy atom. The van der Waals surface area contributed by atoms with Gasteiger partial charge in [-0.3, -0.25) is 9.69 Å². The first-order valence-corrected chi connectivity index (χ1v) is 10.8. The Bertz CT molecular complexity index is 1320. The molecule has 1 aliphatic heterocycles. The van der Waals surface area contributed by atoms with Crippen molar-refractivity contribution in [1.82, 2.24) is 19.9 Å². The molecular formula is C24H28N6O. The van der Waals surface area contributed by atoms with Crippen LogP contribution in [0.25, 0.3) is 33.3 Å². The predicted molar refractivity (Wildman–Crippen MR) is 128 cm³/mol. The number of hydrogen-bond donors (Lipinski definition) is 3. The number of para-hydroxylation sites is 1. The SMILES string of the molecule is CC(C)N1CCN(c2ccc3nc(-c4c(N)c5ccccc5[nH]c4=O)[nH]c3c2)[C@@H](C)C1. The van der Waals surface area contributed by atoms with Crippen LogP contribution in [0.2, 0.25) is 0 Å². The molecule has 7 nitrogen and oxygen atoms in total. The van der Waals surface area contributed by atoms with E-state index >= 15 is 0 Å². The Morgan fingerprint density at radius 1 is 1.10 bits per heavy atom. The number of nitrogens with zero attached hydrogens (tertiary/aromatic N) is 3. The summed E-state index contributed by atoms with van der Waals surface area (Å²) in [4.78, 5) is 28.6. The third-order valence-electron chi connectivity index (χ3n) is 6.38. The molecule has 160 valence electrons. The largest absolute Gasteiger partial charge is 0.397 e. The molecule has 2 aromatic heterocycles. The molecular weight excluding hydrogens is 388 g/mol. The van der Waals surface area contributed by atoms with Crippen molar-refractivity contribution < 1.29 is 0 Å². The van der Waals surface area contributed by atoms with Crippen molar-refractivity contribution in [2.24, 2.45) is 0 Å². The predicted octanol–water partition coefficient (Wildman–Crippen LogP) is 3.57. The fourth-order valence-electron chi connectivity index (χ4n) is 4.64. The minimum Gasteiger partial charge on any atom is -0.397 e. The van der Waals surface area contributed by atoms with E-state index in [1.807, 2.05) is 30.3 Å². The highest BCUT2D eigenvalue weighted by molar-refractivity contribution is 5.97. The highest BCUT2D eigenvalue weighted by atomic mass is 16.1. The molecule has 1 atom stereocenters. The van der Waals surface area contributed by atoms with Crippen molar-refractivity contribution in [3.05, 3.63) is 52.8 Å². The van der Waals surface area contributed by atoms with Gasteiger partial charge in [-0.1, -0.05) is 18.2 Å². The van der Waals surface area contributed by atoms with Crippen LogP contribution in [0.3, 0.4) is 0 Å². The molecule has 0 amide bonds. The van der Waals surface area contributed by atoms with Crippen molar-refractivity contribution in [1.29, 1.82) is 0 Å². The van der Waals surface area contributed by atoms with Crippen molar-refractivity contribution in [3.63, 3.8) is 0 Å². The number of anilines is 2. The lowest BCUT2D eigenvalue weighted by atomic mass is 10.1. The molecule has 1 saturated heterocycles. The van der Waals surface area contributed by atoms with Crippen LogP contribution in [-0.4, -0.2) is 51.6 Å². The van der Waals surface area contributed by atoms with Gasteiger partial charge >= 0.3 is 0 Å². The lowest BCUT2D eigenvalue weighted by molar-refractivity contribution is 0.185. The van der Waals surface area contributed by atoms with Crippen LogP contribution < -0.4 is 16.2 Å². The molecule has 4 aromatic rings. The molecule has 0 radical (unpaired) electrons. The third-order valence-corrected chi connectivity index (χ3v) is 6.38. The Morgan fingerprint density at radius 2 is 1.90 bits per heavy atom. The second kappa shape index (κ2) is 7.42. The van der Waals surface area contributed by atoms with Crippen molar-refractivity contribution in [3.8, 4) is 11.4 Å². The highest BCUT2D eigenvalue weighted by Gasteiger charge is 2.25. The van der Waals surface area contributed by atoms with E-state index in [1.54, 1.807) is 0 Å². The van der Waals surface area contributed by atoms with E-state index in [2.05, 4.69) is 57.7 Å². The van der Waals surface area contributed by atoms with Crippen LogP contribution in [0.1, 0.15) is 20.8 Å². The van der Waals surface area contributed by atoms with Gasteiger partial charge in [0, 0.05) is 42.8 Å². The number of piperazine rings is 1. The Hall–Kier alpha value is -3.32. The van der Waals surface area contributed by atoms with Gasteiger partial charge in [-0.15, -0.1) is 0 Å². The molecule has 5 rings (SSSR count). The second-order valence-electron chi connectivity index (χ2n) is 8.71. The van der Waals surface area contributed by atoms with E-state index in [0.29, 0.717) is 29.2 Å². The first-order chi connectivity index (χ1) is 14.9. The average molecular weight is 417 g/mol. The first kappa shape index (κ1) is 19.6. The van der Waals surface area contributed by atoms with Crippen LogP contribution in [0.15, 0.2) is 47.3 Å². The summed E-state index contributed by atoms with van der Waals surface area (Å²) in [7, 11) is 0. The summed E-state index contributed by atoms with van der Waals surface area (Å²) in [5.41, 5.74) is 10.6. The van der Waals surface area contributed by atoms with Crippen molar-refractivity contribution >= 4 is 33.3 Å². The zero-order chi connectivity index (χ0) is 21.7. The number of imidazole rings is 1. The number of nitrogens with two attached hydrogens (primary N) is 1. The minimum absolute atomic E-state index is 0.242. The fraction of sp³-hybridized carbons (Fsp3) is 0.333. The van der Waals surface area contributed by atoms with Gasteiger partial charge < -0.3 is 20.6 Å². The van der Waals surface area contributed by atoms with Gasteiger partial charge in [0.2, 0.25) is 0 Å². The van der Waals surface area contributed by atoms with Gasteiger partial charge in [-0.25, -0.2) is 4.98 Å². The topological polar surface area (TPSA) is 94.0 Å². The number of aromatic amines is 2. The third kappa shape index (κ3) is 3.35. The molecule has 1 aliphatic rings. The monoisotopic (exact) mass is 416 g/mol. The fourth-order valence-corrected chi connectivity index (χ4v) is 4.64. The molecule has 7 heteroatoms. The summed E-state index contributed by atoms with van der Waals surface area (Å²) in [5, 5.41) is 0.815. The van der Waals surface area contributed by atoms with E-state index in [0.717, 1.165) is 41.6 Å². The molecule has 0 unspecified atom stereocenters. The van der Waals surface area contributed by atoms with E-state index < -0.39 is 0 Å². The number of pyridine rings is 1. The van der Waals surface area contributed by atoms with Crippen LogP contribution in [0, 0.1) is 0 Å². The number of hydrogen-bond acceptors (Lipinski definition) is 5. The zero-order valence-corrected chi connectivity index (χ0v) is 18.1. The number of nitrogen functional groups attached to an aromatic ring is 1. The summed E-state index contributed by atoms with van der Waals surface area (Å²) in [6.07, 6.45) is 0. The molecule has 4 N–H and O–H groups in total. The van der Waals surface area contributed by atoms with Gasteiger partial charge in [0.1, 0.15) is 11.4 Å². The van der Waals surface area contributed by atoms with E-state index in [-0.39, 0.29) is 5.56 Å². The quantitative estimate of drug-likeness (QED) is 0.475. The lowest BCUT2D eigenvalue weighted by Gasteiger charge is -2.43. The number of nitrogens with one attached hydrogen (secondary N) is 2. The smallest absolute Gasteiger partial charge is 0.261 e. The van der Waals surface area contributed by atoms with Crippen LogP contribution in [0.5, 0.6) is 0 Å². The number of rotatable bonds is 3.